The molecule has 0 radical (unpaired) electrons. The van der Waals surface area contributed by atoms with Gasteiger partial charge in [0.1, 0.15) is 5.76 Å². The van der Waals surface area contributed by atoms with Crippen molar-refractivity contribution in [3.05, 3.63) is 54.2 Å². The van der Waals surface area contributed by atoms with Crippen molar-refractivity contribution in [2.45, 2.75) is 38.3 Å². The van der Waals surface area contributed by atoms with Gasteiger partial charge in [0.05, 0.1) is 24.8 Å². The van der Waals surface area contributed by atoms with E-state index in [2.05, 4.69) is 4.98 Å². The van der Waals surface area contributed by atoms with Gasteiger partial charge in [-0.1, -0.05) is 6.07 Å². The van der Waals surface area contributed by atoms with Crippen molar-refractivity contribution in [2.24, 2.45) is 5.92 Å². The highest BCUT2D eigenvalue weighted by Crippen LogP contribution is 2.33. The monoisotopic (exact) mass is 353 g/mol. The molecule has 0 saturated carbocycles. The van der Waals surface area contributed by atoms with Gasteiger partial charge in [0.15, 0.2) is 0 Å². The Labute approximate surface area is 152 Å². The van der Waals surface area contributed by atoms with Gasteiger partial charge in [0, 0.05) is 31.9 Å². The largest absolute Gasteiger partial charge is 0.467 e. The predicted octanol–water partition coefficient (Wildman–Crippen LogP) is 2.78. The summed E-state index contributed by atoms with van der Waals surface area (Å²) < 4.78 is 5.33. The summed E-state index contributed by atoms with van der Waals surface area (Å²) in [5.41, 5.74) is 1.08. The lowest BCUT2D eigenvalue weighted by Gasteiger charge is -2.37. The molecule has 2 fully saturated rings. The molecule has 0 N–H and O–H groups in total. The van der Waals surface area contributed by atoms with Gasteiger partial charge in [0.25, 0.3) is 0 Å². The highest BCUT2D eigenvalue weighted by molar-refractivity contribution is 5.89. The summed E-state index contributed by atoms with van der Waals surface area (Å²) in [6.07, 6.45) is 8.56. The van der Waals surface area contributed by atoms with Gasteiger partial charge in [0.2, 0.25) is 11.8 Å². The number of carbonyl (C=O) groups excluding carboxylic acids is 2. The van der Waals surface area contributed by atoms with Gasteiger partial charge in [-0.25, -0.2) is 0 Å². The fourth-order valence-electron chi connectivity index (χ4n) is 4.03. The van der Waals surface area contributed by atoms with Crippen LogP contribution in [0.5, 0.6) is 0 Å². The minimum atomic E-state index is -0.269. The highest BCUT2D eigenvalue weighted by atomic mass is 16.3. The Kier molecular flexibility index (Phi) is 4.73. The van der Waals surface area contributed by atoms with Crippen molar-refractivity contribution in [2.75, 3.05) is 13.1 Å². The molecule has 2 aliphatic heterocycles. The number of hydrogen-bond donors (Lipinski definition) is 0. The normalized spacial score (nSPS) is 23.5. The second-order valence-corrected chi connectivity index (χ2v) is 7.08. The van der Waals surface area contributed by atoms with E-state index in [9.17, 15) is 9.59 Å². The zero-order chi connectivity index (χ0) is 17.9. The lowest BCUT2D eigenvalue weighted by Crippen LogP contribution is -2.42. The number of nitrogens with zero attached hydrogens (tertiary/aromatic N) is 3. The second kappa shape index (κ2) is 7.32. The Balaban J connectivity index is 1.46. The number of pyridine rings is 1. The zero-order valence-electron chi connectivity index (χ0n) is 14.7. The first-order valence-electron chi connectivity index (χ1n) is 9.23. The van der Waals surface area contributed by atoms with E-state index in [0.717, 1.165) is 37.1 Å². The van der Waals surface area contributed by atoms with Crippen molar-refractivity contribution in [3.63, 3.8) is 0 Å². The third-order valence-corrected chi connectivity index (χ3v) is 5.35. The Morgan fingerprint density at radius 3 is 2.96 bits per heavy atom. The van der Waals surface area contributed by atoms with E-state index < -0.39 is 0 Å². The quantitative estimate of drug-likeness (QED) is 0.848. The molecule has 26 heavy (non-hydrogen) atoms. The molecular formula is C20H23N3O3. The summed E-state index contributed by atoms with van der Waals surface area (Å²) in [4.78, 5) is 33.4. The third-order valence-electron chi connectivity index (χ3n) is 5.35. The number of hydrogen-bond acceptors (Lipinski definition) is 4. The van der Waals surface area contributed by atoms with Gasteiger partial charge < -0.3 is 14.2 Å². The van der Waals surface area contributed by atoms with Crippen LogP contribution in [0.1, 0.15) is 43.0 Å². The lowest BCUT2D eigenvalue weighted by molar-refractivity contribution is -0.139. The summed E-state index contributed by atoms with van der Waals surface area (Å²) in [6.45, 7) is 1.65. The van der Waals surface area contributed by atoms with Gasteiger partial charge in [-0.2, -0.15) is 0 Å². The number of likely N-dealkylation sites (tertiary alicyclic amines) is 2. The molecule has 0 unspecified atom stereocenters. The third kappa shape index (κ3) is 3.36. The maximum Gasteiger partial charge on any atom is 0.228 e. The molecule has 2 amide bonds. The molecule has 6 heteroatoms. The van der Waals surface area contributed by atoms with Crippen molar-refractivity contribution < 1.29 is 14.0 Å². The fraction of sp³-hybridized carbons (Fsp3) is 0.450. The van der Waals surface area contributed by atoms with Crippen LogP contribution < -0.4 is 0 Å². The van der Waals surface area contributed by atoms with Crippen molar-refractivity contribution >= 4 is 11.8 Å². The Bertz CT molecular complexity index is 760. The van der Waals surface area contributed by atoms with E-state index in [1.165, 1.54) is 0 Å². The van der Waals surface area contributed by atoms with Crippen LogP contribution in [-0.4, -0.2) is 39.7 Å². The molecule has 4 heterocycles. The zero-order valence-corrected chi connectivity index (χ0v) is 14.7. The number of rotatable bonds is 4. The molecule has 6 nitrogen and oxygen atoms in total. The molecule has 136 valence electrons. The highest BCUT2D eigenvalue weighted by Gasteiger charge is 2.39. The maximum absolute atomic E-state index is 13.2. The first-order valence-corrected chi connectivity index (χ1v) is 9.23. The van der Waals surface area contributed by atoms with Crippen LogP contribution in [0.3, 0.4) is 0 Å². The van der Waals surface area contributed by atoms with Gasteiger partial charge >= 0.3 is 0 Å². The number of aromatic nitrogens is 1. The van der Waals surface area contributed by atoms with Gasteiger partial charge in [-0.3, -0.25) is 14.6 Å². The van der Waals surface area contributed by atoms with Gasteiger partial charge in [-0.05, 0) is 43.0 Å². The SMILES string of the molecule is O=C1C[C@H](C(=O)N2CCCC[C@H]2c2cccnc2)CN1Cc1ccco1. The van der Waals surface area contributed by atoms with E-state index in [0.29, 0.717) is 13.1 Å². The van der Waals surface area contributed by atoms with Crippen molar-refractivity contribution in [3.8, 4) is 0 Å². The van der Waals surface area contributed by atoms with Crippen LogP contribution >= 0.6 is 0 Å². The molecule has 2 aromatic rings. The average molecular weight is 353 g/mol. The van der Waals surface area contributed by atoms with Crippen LogP contribution in [0.4, 0.5) is 0 Å². The summed E-state index contributed by atoms with van der Waals surface area (Å²) in [7, 11) is 0. The molecule has 0 aromatic carbocycles. The van der Waals surface area contributed by atoms with Crippen LogP contribution in [0.15, 0.2) is 47.3 Å². The van der Waals surface area contributed by atoms with E-state index >= 15 is 0 Å². The predicted molar refractivity (Wildman–Crippen MR) is 94.8 cm³/mol. The minimum Gasteiger partial charge on any atom is -0.467 e. The first-order chi connectivity index (χ1) is 12.7. The Morgan fingerprint density at radius 2 is 2.19 bits per heavy atom. The minimum absolute atomic E-state index is 0.0229. The maximum atomic E-state index is 13.2. The molecule has 2 aliphatic rings. The van der Waals surface area contributed by atoms with Crippen LogP contribution in [0, 0.1) is 5.92 Å². The fourth-order valence-corrected chi connectivity index (χ4v) is 4.03. The molecule has 0 bridgehead atoms. The van der Waals surface area contributed by atoms with Crippen molar-refractivity contribution in [1.82, 2.24) is 14.8 Å². The summed E-state index contributed by atoms with van der Waals surface area (Å²) >= 11 is 0. The molecule has 0 aliphatic carbocycles. The lowest BCUT2D eigenvalue weighted by atomic mass is 9.94. The molecule has 2 atom stereocenters. The van der Waals surface area contributed by atoms with E-state index in [4.69, 9.17) is 4.42 Å². The topological polar surface area (TPSA) is 66.7 Å². The standard InChI is InChI=1S/C20H23N3O3/c24-19-11-16(13-22(19)14-17-6-4-10-26-17)20(25)23-9-2-1-7-18(23)15-5-3-8-21-12-15/h3-6,8,10,12,16,18H,1-2,7,9,11,13-14H2/t16-,18-/m0/s1. The average Bonchev–Trinajstić information content (AvgIpc) is 3.32. The van der Waals surface area contributed by atoms with E-state index in [1.54, 1.807) is 17.4 Å². The van der Waals surface area contributed by atoms with Gasteiger partial charge in [-0.15, -0.1) is 0 Å². The van der Waals surface area contributed by atoms with Crippen molar-refractivity contribution in [1.29, 1.82) is 0 Å². The summed E-state index contributed by atoms with van der Waals surface area (Å²) in [5, 5.41) is 0. The van der Waals surface area contributed by atoms with E-state index in [1.807, 2.05) is 35.4 Å². The number of piperidine rings is 1. The molecule has 4 rings (SSSR count). The van der Waals surface area contributed by atoms with E-state index in [-0.39, 0.29) is 30.2 Å². The van der Waals surface area contributed by atoms with Crippen LogP contribution in [0.25, 0.3) is 0 Å². The smallest absolute Gasteiger partial charge is 0.228 e. The summed E-state index contributed by atoms with van der Waals surface area (Å²) in [6, 6.07) is 7.68. The molecular weight excluding hydrogens is 330 g/mol. The molecule has 0 spiro atoms. The van der Waals surface area contributed by atoms with Crippen LogP contribution in [-0.2, 0) is 16.1 Å². The number of furan rings is 1. The molecule has 2 aromatic heterocycles. The Morgan fingerprint density at radius 1 is 1.27 bits per heavy atom. The van der Waals surface area contributed by atoms with Crippen LogP contribution in [0.2, 0.25) is 0 Å². The number of amides is 2. The summed E-state index contributed by atoms with van der Waals surface area (Å²) in [5.74, 6) is 0.593. The molecule has 2 saturated heterocycles. The second-order valence-electron chi connectivity index (χ2n) is 7.08. The number of carbonyl (C=O) groups is 2. The Hall–Kier alpha value is -2.63. The first kappa shape index (κ1) is 16.8.